The van der Waals surface area contributed by atoms with Crippen molar-refractivity contribution < 1.29 is 0 Å². The number of aromatic nitrogens is 3. The molecule has 0 unspecified atom stereocenters. The minimum absolute atomic E-state index is 0.645. The standard InChI is InChI=1S/C52H31N3S/c1-2-13-34(14-3-1)45-31-46(39-22-21-32-11-4-5-15-35(32)27-39)54-52(53-45)55-47-29-37-17-7-6-16-36(37)28-44(47)42-20-10-19-41(51(42)55)38-23-25-43-49(30-38)56-48-26-24-33-12-8-9-18-40(33)50(43)48/h1-31H. The van der Waals surface area contributed by atoms with Crippen LogP contribution >= 0.6 is 11.3 Å². The molecule has 56 heavy (non-hydrogen) atoms. The van der Waals surface area contributed by atoms with Gasteiger partial charge in [0, 0.05) is 47.6 Å². The van der Waals surface area contributed by atoms with Gasteiger partial charge in [0.2, 0.25) is 5.95 Å². The van der Waals surface area contributed by atoms with E-state index in [1.54, 1.807) is 0 Å². The number of fused-ring (bicyclic) bond motifs is 10. The van der Waals surface area contributed by atoms with Gasteiger partial charge >= 0.3 is 0 Å². The molecule has 0 atom stereocenters. The monoisotopic (exact) mass is 729 g/mol. The van der Waals surface area contributed by atoms with Crippen LogP contribution in [0, 0.1) is 0 Å². The summed E-state index contributed by atoms with van der Waals surface area (Å²) in [5.41, 5.74) is 8.35. The molecular weight excluding hydrogens is 699 g/mol. The Morgan fingerprint density at radius 1 is 0.375 bits per heavy atom. The van der Waals surface area contributed by atoms with Gasteiger partial charge in [-0.25, -0.2) is 9.97 Å². The summed E-state index contributed by atoms with van der Waals surface area (Å²) >= 11 is 1.87. The summed E-state index contributed by atoms with van der Waals surface area (Å²) in [6.45, 7) is 0. The van der Waals surface area contributed by atoms with Crippen molar-refractivity contribution in [3.63, 3.8) is 0 Å². The molecule has 0 aliphatic rings. The third-order valence-electron chi connectivity index (χ3n) is 11.4. The van der Waals surface area contributed by atoms with E-state index in [1.165, 1.54) is 68.8 Å². The summed E-state index contributed by atoms with van der Waals surface area (Å²) < 4.78 is 4.90. The molecule has 0 aliphatic carbocycles. The Bertz CT molecular complexity index is 3540. The van der Waals surface area contributed by atoms with Gasteiger partial charge in [-0.2, -0.15) is 0 Å². The predicted molar refractivity (Wildman–Crippen MR) is 238 cm³/mol. The molecule has 9 aromatic carbocycles. The second-order valence-electron chi connectivity index (χ2n) is 14.6. The minimum Gasteiger partial charge on any atom is -0.277 e. The molecular formula is C52H31N3S. The molecule has 260 valence electrons. The van der Waals surface area contributed by atoms with E-state index >= 15 is 0 Å². The first-order chi connectivity index (χ1) is 27.7. The van der Waals surface area contributed by atoms with Crippen LogP contribution < -0.4 is 0 Å². The maximum absolute atomic E-state index is 5.46. The molecule has 0 fully saturated rings. The highest BCUT2D eigenvalue weighted by Crippen LogP contribution is 2.43. The van der Waals surface area contributed by atoms with E-state index in [9.17, 15) is 0 Å². The van der Waals surface area contributed by atoms with Crippen molar-refractivity contribution in [2.24, 2.45) is 0 Å². The fourth-order valence-electron chi connectivity index (χ4n) is 8.69. The number of benzene rings is 9. The lowest BCUT2D eigenvalue weighted by molar-refractivity contribution is 0.997. The van der Waals surface area contributed by atoms with Crippen molar-refractivity contribution in [2.45, 2.75) is 0 Å². The molecule has 4 heteroatoms. The zero-order chi connectivity index (χ0) is 36.7. The van der Waals surface area contributed by atoms with E-state index in [-0.39, 0.29) is 0 Å². The first-order valence-electron chi connectivity index (χ1n) is 19.0. The number of thiophene rings is 1. The first-order valence-corrected chi connectivity index (χ1v) is 19.8. The first kappa shape index (κ1) is 31.2. The SMILES string of the molecule is c1ccc(-c2cc(-c3ccc4ccccc4c3)nc(-n3c4cc5ccccc5cc4c4cccc(-c5ccc6c(c5)sc5ccc7ccccc7c56)c43)n2)cc1. The van der Waals surface area contributed by atoms with Crippen molar-refractivity contribution in [1.82, 2.24) is 14.5 Å². The number of hydrogen-bond donors (Lipinski definition) is 0. The van der Waals surface area contributed by atoms with Crippen molar-refractivity contribution in [2.75, 3.05) is 0 Å². The average Bonchev–Trinajstić information content (AvgIpc) is 3.81. The Morgan fingerprint density at radius 2 is 1.04 bits per heavy atom. The molecule has 0 amide bonds. The molecule has 0 aliphatic heterocycles. The summed E-state index contributed by atoms with van der Waals surface area (Å²) in [6, 6.07) is 67.9. The van der Waals surface area contributed by atoms with Crippen LogP contribution in [-0.2, 0) is 0 Å². The van der Waals surface area contributed by atoms with Crippen LogP contribution in [0.2, 0.25) is 0 Å². The lowest BCUT2D eigenvalue weighted by Gasteiger charge is -2.14. The van der Waals surface area contributed by atoms with Crippen molar-refractivity contribution >= 4 is 85.6 Å². The molecule has 3 nitrogen and oxygen atoms in total. The van der Waals surface area contributed by atoms with E-state index in [4.69, 9.17) is 9.97 Å². The molecule has 12 rings (SSSR count). The summed E-state index contributed by atoms with van der Waals surface area (Å²) in [6.07, 6.45) is 0. The van der Waals surface area contributed by atoms with E-state index in [2.05, 4.69) is 193 Å². The van der Waals surface area contributed by atoms with E-state index in [0.717, 1.165) is 39.1 Å². The summed E-state index contributed by atoms with van der Waals surface area (Å²) in [5, 5.41) is 12.3. The molecule has 0 radical (unpaired) electrons. The molecule has 0 N–H and O–H groups in total. The van der Waals surface area contributed by atoms with Crippen molar-refractivity contribution in [3.8, 4) is 39.6 Å². The van der Waals surface area contributed by atoms with Gasteiger partial charge in [-0.05, 0) is 74.3 Å². The molecule has 12 aromatic rings. The van der Waals surface area contributed by atoms with E-state index in [1.807, 2.05) is 11.3 Å². The zero-order valence-corrected chi connectivity index (χ0v) is 31.0. The van der Waals surface area contributed by atoms with Crippen LogP contribution in [0.25, 0.3) is 114 Å². The number of nitrogens with zero attached hydrogens (tertiary/aromatic N) is 3. The van der Waals surface area contributed by atoms with Gasteiger partial charge in [-0.15, -0.1) is 11.3 Å². The van der Waals surface area contributed by atoms with Gasteiger partial charge in [0.15, 0.2) is 0 Å². The molecule has 3 heterocycles. The van der Waals surface area contributed by atoms with Crippen LogP contribution in [0.3, 0.4) is 0 Å². The van der Waals surface area contributed by atoms with E-state index < -0.39 is 0 Å². The molecule has 0 bridgehead atoms. The highest BCUT2D eigenvalue weighted by atomic mass is 32.1. The topological polar surface area (TPSA) is 30.7 Å². The molecule has 3 aromatic heterocycles. The van der Waals surface area contributed by atoms with Crippen molar-refractivity contribution in [3.05, 3.63) is 188 Å². The highest BCUT2D eigenvalue weighted by molar-refractivity contribution is 7.26. The summed E-state index contributed by atoms with van der Waals surface area (Å²) in [4.78, 5) is 10.9. The number of rotatable bonds is 4. The number of para-hydroxylation sites is 1. The Morgan fingerprint density at radius 3 is 1.88 bits per heavy atom. The molecule has 0 spiro atoms. The lowest BCUT2D eigenvalue weighted by Crippen LogP contribution is -2.04. The molecule has 0 saturated heterocycles. The smallest absolute Gasteiger partial charge is 0.235 e. The third kappa shape index (κ3) is 4.83. The summed E-state index contributed by atoms with van der Waals surface area (Å²) in [7, 11) is 0. The predicted octanol–water partition coefficient (Wildman–Crippen LogP) is 14.4. The Kier molecular flexibility index (Phi) is 6.80. The zero-order valence-electron chi connectivity index (χ0n) is 30.1. The van der Waals surface area contributed by atoms with Crippen LogP contribution in [0.1, 0.15) is 0 Å². The number of hydrogen-bond acceptors (Lipinski definition) is 3. The second kappa shape index (κ2) is 12.2. The van der Waals surface area contributed by atoms with Crippen LogP contribution in [-0.4, -0.2) is 14.5 Å². The largest absolute Gasteiger partial charge is 0.277 e. The minimum atomic E-state index is 0.645. The van der Waals surface area contributed by atoms with Crippen LogP contribution in [0.4, 0.5) is 0 Å². The highest BCUT2D eigenvalue weighted by Gasteiger charge is 2.21. The summed E-state index contributed by atoms with van der Waals surface area (Å²) in [5.74, 6) is 0.645. The Labute approximate surface area is 326 Å². The maximum atomic E-state index is 5.46. The van der Waals surface area contributed by atoms with Gasteiger partial charge < -0.3 is 0 Å². The van der Waals surface area contributed by atoms with Gasteiger partial charge in [0.05, 0.1) is 22.4 Å². The van der Waals surface area contributed by atoms with Crippen LogP contribution in [0.15, 0.2) is 188 Å². The van der Waals surface area contributed by atoms with Gasteiger partial charge in [0.1, 0.15) is 0 Å². The van der Waals surface area contributed by atoms with Crippen LogP contribution in [0.5, 0.6) is 0 Å². The maximum Gasteiger partial charge on any atom is 0.235 e. The average molecular weight is 730 g/mol. The Hall–Kier alpha value is -7.14. The Balaban J connectivity index is 1.16. The van der Waals surface area contributed by atoms with Gasteiger partial charge in [-0.1, -0.05) is 152 Å². The van der Waals surface area contributed by atoms with Gasteiger partial charge in [0.25, 0.3) is 0 Å². The van der Waals surface area contributed by atoms with Crippen molar-refractivity contribution in [1.29, 1.82) is 0 Å². The van der Waals surface area contributed by atoms with E-state index in [0.29, 0.717) is 5.95 Å². The fourth-order valence-corrected chi connectivity index (χ4v) is 9.85. The third-order valence-corrected chi connectivity index (χ3v) is 12.5. The lowest BCUT2D eigenvalue weighted by atomic mass is 9.99. The molecule has 0 saturated carbocycles. The fraction of sp³-hybridized carbons (Fsp3) is 0. The van der Waals surface area contributed by atoms with Gasteiger partial charge in [-0.3, -0.25) is 4.57 Å². The quantitative estimate of drug-likeness (QED) is 0.181. The normalized spacial score (nSPS) is 11.9. The second-order valence-corrected chi connectivity index (χ2v) is 15.7.